The summed E-state index contributed by atoms with van der Waals surface area (Å²) in [4.78, 5) is 9.97. The third-order valence-corrected chi connectivity index (χ3v) is 0.429. The van der Waals surface area contributed by atoms with Crippen LogP contribution in [0.2, 0.25) is 0 Å². The van der Waals surface area contributed by atoms with Crippen LogP contribution in [0, 0.1) is 0 Å². The third kappa shape index (κ3) is 5.87. The molecule has 4 heteroatoms. The molecule has 0 saturated carbocycles. The molecule has 0 radical (unpaired) electrons. The maximum atomic E-state index is 9.97. The van der Waals surface area contributed by atoms with Crippen molar-refractivity contribution in [2.75, 3.05) is 13.7 Å². The third-order valence-electron chi connectivity index (χ3n) is 0.429. The Labute approximate surface area is 62.0 Å². The number of hydrogen-bond acceptors (Lipinski definition) is 3. The van der Waals surface area contributed by atoms with Gasteiger partial charge in [0.2, 0.25) is 0 Å². The molecule has 0 fully saturated rings. The minimum atomic E-state index is -0.623. The minimum absolute atomic E-state index is 0. The summed E-state index contributed by atoms with van der Waals surface area (Å²) in [7, 11) is 1.28. The molecule has 0 bridgehead atoms. The van der Waals surface area contributed by atoms with Crippen molar-refractivity contribution in [3.05, 3.63) is 0 Å². The van der Waals surface area contributed by atoms with E-state index in [2.05, 4.69) is 9.47 Å². The molecule has 0 aromatic heterocycles. The van der Waals surface area contributed by atoms with Crippen LogP contribution in [-0.2, 0) is 9.47 Å². The van der Waals surface area contributed by atoms with Gasteiger partial charge in [0.15, 0.2) is 0 Å². The van der Waals surface area contributed by atoms with E-state index in [1.807, 2.05) is 0 Å². The van der Waals surface area contributed by atoms with Crippen LogP contribution in [0.4, 0.5) is 4.79 Å². The van der Waals surface area contributed by atoms with Gasteiger partial charge in [-0.1, -0.05) is 0 Å². The van der Waals surface area contributed by atoms with E-state index in [4.69, 9.17) is 0 Å². The van der Waals surface area contributed by atoms with Crippen molar-refractivity contribution in [2.24, 2.45) is 0 Å². The molecule has 44 valence electrons. The maximum Gasteiger partial charge on any atom is 1.00 e. The first-order chi connectivity index (χ1) is 3.31. The molecular weight excluding hydrogens is 103 g/mol. The van der Waals surface area contributed by atoms with Crippen LogP contribution in [0.1, 0.15) is 8.35 Å². The summed E-state index contributed by atoms with van der Waals surface area (Å²) in [5, 5.41) is 0. The van der Waals surface area contributed by atoms with Gasteiger partial charge in [-0.15, -0.1) is 0 Å². The number of rotatable bonds is 1. The molecule has 0 aromatic carbocycles. The van der Waals surface area contributed by atoms with Crippen molar-refractivity contribution >= 4 is 6.16 Å². The number of carbonyl (C=O) groups excluding carboxylic acids is 1. The second-order valence-corrected chi connectivity index (χ2v) is 0.887. The Bertz CT molecular complexity index is 68.8. The van der Waals surface area contributed by atoms with E-state index in [9.17, 15) is 4.79 Å². The normalized spacial score (nSPS) is 6.75. The van der Waals surface area contributed by atoms with Gasteiger partial charge in [-0.3, -0.25) is 0 Å². The molecule has 0 heterocycles. The van der Waals surface area contributed by atoms with E-state index in [0.29, 0.717) is 6.61 Å². The van der Waals surface area contributed by atoms with Gasteiger partial charge in [0.05, 0.1) is 13.7 Å². The van der Waals surface area contributed by atoms with Crippen molar-refractivity contribution in [3.8, 4) is 0 Å². The van der Waals surface area contributed by atoms with Gasteiger partial charge >= 0.3 is 25.0 Å². The summed E-state index contributed by atoms with van der Waals surface area (Å²) < 4.78 is 8.46. The molecule has 8 heavy (non-hydrogen) atoms. The van der Waals surface area contributed by atoms with E-state index in [0.717, 1.165) is 0 Å². The number of carbonyl (C=O) groups is 1. The van der Waals surface area contributed by atoms with Crippen molar-refractivity contribution < 1.29 is 34.6 Å². The topological polar surface area (TPSA) is 35.5 Å². The summed E-state index contributed by atoms with van der Waals surface area (Å²) in [5.41, 5.74) is 0. The van der Waals surface area contributed by atoms with Gasteiger partial charge in [-0.2, -0.15) is 0 Å². The van der Waals surface area contributed by atoms with Crippen LogP contribution in [-0.4, -0.2) is 19.9 Å². The first kappa shape index (κ1) is 10.8. The molecule has 0 amide bonds. The maximum absolute atomic E-state index is 9.97. The molecule has 3 nitrogen and oxygen atoms in total. The van der Waals surface area contributed by atoms with Crippen molar-refractivity contribution in [1.82, 2.24) is 0 Å². The quantitative estimate of drug-likeness (QED) is 0.288. The van der Waals surface area contributed by atoms with Gasteiger partial charge in [0.1, 0.15) is 0 Å². The summed E-state index contributed by atoms with van der Waals surface area (Å²) in [6, 6.07) is 0. The summed E-state index contributed by atoms with van der Waals surface area (Å²) in [6.45, 7) is 2.09. The number of hydrogen-bond donors (Lipinski definition) is 0. The van der Waals surface area contributed by atoms with Crippen molar-refractivity contribution in [1.29, 1.82) is 0 Å². The predicted molar refractivity (Wildman–Crippen MR) is 25.1 cm³/mol. The van der Waals surface area contributed by atoms with Crippen LogP contribution >= 0.6 is 0 Å². The van der Waals surface area contributed by atoms with Crippen molar-refractivity contribution in [3.63, 3.8) is 0 Å². The van der Waals surface area contributed by atoms with Crippen LogP contribution < -0.4 is 18.9 Å². The standard InChI is InChI=1S/C4H8O3.Li.H/c1-3-7-4(5)6-2;;/h3H2,1-2H3;;/q;+1;-1. The monoisotopic (exact) mass is 112 g/mol. The number of methoxy groups -OCH3 is 1. The summed E-state index contributed by atoms with van der Waals surface area (Å²) in [5.74, 6) is 0. The molecule has 0 spiro atoms. The van der Waals surface area contributed by atoms with Crippen LogP contribution in [0.5, 0.6) is 0 Å². The predicted octanol–water partition coefficient (Wildman–Crippen LogP) is -2.09. The largest absolute Gasteiger partial charge is 1.00 e. The Morgan fingerprint density at radius 1 is 1.75 bits per heavy atom. The van der Waals surface area contributed by atoms with E-state index in [1.54, 1.807) is 6.92 Å². The fourth-order valence-corrected chi connectivity index (χ4v) is 0.177. The average Bonchev–Trinajstić information content (AvgIpc) is 1.68. The first-order valence-electron chi connectivity index (χ1n) is 2.02. The summed E-state index contributed by atoms with van der Waals surface area (Å²) in [6.07, 6.45) is -0.623. The fourth-order valence-electron chi connectivity index (χ4n) is 0.177. The number of ether oxygens (including phenoxy) is 2. The Morgan fingerprint density at radius 3 is 2.38 bits per heavy atom. The zero-order valence-corrected chi connectivity index (χ0v) is 5.43. The van der Waals surface area contributed by atoms with E-state index in [1.165, 1.54) is 7.11 Å². The van der Waals surface area contributed by atoms with Gasteiger partial charge in [0, 0.05) is 0 Å². The second-order valence-electron chi connectivity index (χ2n) is 0.887. The Morgan fingerprint density at radius 2 is 2.25 bits per heavy atom. The fraction of sp³-hybridized carbons (Fsp3) is 0.750. The minimum Gasteiger partial charge on any atom is -1.00 e. The SMILES string of the molecule is CCOC(=O)OC.[H-].[Li+]. The molecule has 0 aliphatic carbocycles. The smallest absolute Gasteiger partial charge is 1.00 e. The molecule has 0 rings (SSSR count). The van der Waals surface area contributed by atoms with Crippen LogP contribution in [0.3, 0.4) is 0 Å². The van der Waals surface area contributed by atoms with Gasteiger partial charge in [-0.25, -0.2) is 4.79 Å². The van der Waals surface area contributed by atoms with Crippen LogP contribution in [0.15, 0.2) is 0 Å². The molecule has 0 saturated heterocycles. The Kier molecular flexibility index (Phi) is 9.25. The van der Waals surface area contributed by atoms with E-state index >= 15 is 0 Å². The van der Waals surface area contributed by atoms with Gasteiger partial charge in [-0.05, 0) is 6.92 Å². The zero-order chi connectivity index (χ0) is 5.70. The Hall–Kier alpha value is -0.133. The molecule has 0 aliphatic rings. The van der Waals surface area contributed by atoms with Gasteiger partial charge < -0.3 is 10.9 Å². The van der Waals surface area contributed by atoms with E-state index in [-0.39, 0.29) is 20.3 Å². The van der Waals surface area contributed by atoms with Crippen LogP contribution in [0.25, 0.3) is 0 Å². The molecule has 0 N–H and O–H groups in total. The zero-order valence-electron chi connectivity index (χ0n) is 6.43. The molecular formula is C4H9LiO3. The Balaban J connectivity index is -0.000000180. The first-order valence-corrected chi connectivity index (χ1v) is 2.02. The van der Waals surface area contributed by atoms with E-state index < -0.39 is 6.16 Å². The van der Waals surface area contributed by atoms with Crippen molar-refractivity contribution in [2.45, 2.75) is 6.92 Å². The second kappa shape index (κ2) is 6.87. The van der Waals surface area contributed by atoms with Gasteiger partial charge in [0.25, 0.3) is 0 Å². The molecule has 0 unspecified atom stereocenters. The summed E-state index contributed by atoms with van der Waals surface area (Å²) >= 11 is 0. The molecule has 0 aliphatic heterocycles. The average molecular weight is 112 g/mol. The molecule has 0 atom stereocenters. The molecule has 0 aromatic rings.